The highest BCUT2D eigenvalue weighted by Gasteiger charge is 1.93. The molecule has 0 saturated carbocycles. The predicted octanol–water partition coefficient (Wildman–Crippen LogP) is 1.66. The van der Waals surface area contributed by atoms with E-state index in [1.807, 2.05) is 19.1 Å². The predicted molar refractivity (Wildman–Crippen MR) is 46.9 cm³/mol. The van der Waals surface area contributed by atoms with E-state index in [-0.39, 0.29) is 0 Å². The number of nitrogens with zero attached hydrogens (tertiary/aromatic N) is 1. The van der Waals surface area contributed by atoms with Crippen LogP contribution < -0.4 is 5.32 Å². The molecule has 0 amide bonds. The largest absolute Gasteiger partial charge is 0.385 e. The van der Waals surface area contributed by atoms with E-state index < -0.39 is 0 Å². The Labute approximate surface area is 67.0 Å². The van der Waals surface area contributed by atoms with Gasteiger partial charge in [-0.2, -0.15) is 0 Å². The van der Waals surface area contributed by atoms with E-state index in [1.54, 1.807) is 12.4 Å². The minimum absolute atomic E-state index is 0.897. The lowest BCUT2D eigenvalue weighted by Gasteiger charge is -2.05. The molecule has 1 aromatic rings. The van der Waals surface area contributed by atoms with E-state index in [1.165, 1.54) is 0 Å². The lowest BCUT2D eigenvalue weighted by Crippen LogP contribution is -2.09. The first-order valence-electron chi connectivity index (χ1n) is 3.67. The first kappa shape index (κ1) is 7.79. The number of hydrogen-bond acceptors (Lipinski definition) is 2. The third-order valence-electron chi connectivity index (χ3n) is 1.40. The fourth-order valence-corrected chi connectivity index (χ4v) is 0.857. The summed E-state index contributed by atoms with van der Waals surface area (Å²) in [6.45, 7) is 6.80. The maximum absolute atomic E-state index is 3.99. The average molecular weight is 148 g/mol. The lowest BCUT2D eigenvalue weighted by molar-refractivity contribution is 0.940. The zero-order valence-electron chi connectivity index (χ0n) is 6.67. The second-order valence-corrected chi connectivity index (χ2v) is 2.25. The molecule has 2 nitrogen and oxygen atoms in total. The number of hydrogen-bond donors (Lipinski definition) is 1. The average Bonchev–Trinajstić information content (AvgIpc) is 2.07. The maximum Gasteiger partial charge on any atom is 0.0360 e. The first-order chi connectivity index (χ1) is 5.34. The molecule has 0 bridgehead atoms. The molecule has 0 fully saturated rings. The van der Waals surface area contributed by atoms with Gasteiger partial charge >= 0.3 is 0 Å². The van der Waals surface area contributed by atoms with Gasteiger partial charge < -0.3 is 5.32 Å². The normalized spacial score (nSPS) is 9.18. The summed E-state index contributed by atoms with van der Waals surface area (Å²) in [5.74, 6) is 0. The SMILES string of the molecule is C=C(NCC)c1cccnc1. The highest BCUT2D eigenvalue weighted by atomic mass is 14.9. The van der Waals surface area contributed by atoms with Crippen LogP contribution in [0.25, 0.3) is 5.70 Å². The zero-order valence-corrected chi connectivity index (χ0v) is 6.67. The summed E-state index contributed by atoms with van der Waals surface area (Å²) in [6.07, 6.45) is 3.55. The summed E-state index contributed by atoms with van der Waals surface area (Å²) in [6, 6.07) is 3.88. The molecule has 0 radical (unpaired) electrons. The molecule has 0 spiro atoms. The Morgan fingerprint density at radius 1 is 1.73 bits per heavy atom. The van der Waals surface area contributed by atoms with Crippen molar-refractivity contribution in [2.45, 2.75) is 6.92 Å². The Kier molecular flexibility index (Phi) is 2.66. The highest BCUT2D eigenvalue weighted by molar-refractivity contribution is 5.60. The molecule has 11 heavy (non-hydrogen) atoms. The van der Waals surface area contributed by atoms with Gasteiger partial charge in [0.05, 0.1) is 0 Å². The Hall–Kier alpha value is -1.31. The molecular weight excluding hydrogens is 136 g/mol. The summed E-state index contributed by atoms with van der Waals surface area (Å²) in [5.41, 5.74) is 1.98. The molecule has 0 aliphatic rings. The van der Waals surface area contributed by atoms with E-state index in [2.05, 4.69) is 16.9 Å². The molecule has 2 heteroatoms. The molecule has 0 aliphatic carbocycles. The van der Waals surface area contributed by atoms with Crippen molar-refractivity contribution in [1.29, 1.82) is 0 Å². The maximum atomic E-state index is 3.99. The Balaban J connectivity index is 2.69. The minimum atomic E-state index is 0.897. The van der Waals surface area contributed by atoms with Gasteiger partial charge in [0.15, 0.2) is 0 Å². The van der Waals surface area contributed by atoms with Crippen LogP contribution in [0, 0.1) is 0 Å². The van der Waals surface area contributed by atoms with Crippen LogP contribution in [0.4, 0.5) is 0 Å². The van der Waals surface area contributed by atoms with Gasteiger partial charge in [-0.3, -0.25) is 4.98 Å². The van der Waals surface area contributed by atoms with Gasteiger partial charge in [0.2, 0.25) is 0 Å². The van der Waals surface area contributed by atoms with E-state index in [0.717, 1.165) is 17.8 Å². The van der Waals surface area contributed by atoms with E-state index in [0.29, 0.717) is 0 Å². The van der Waals surface area contributed by atoms with Gasteiger partial charge in [-0.25, -0.2) is 0 Å². The summed E-state index contributed by atoms with van der Waals surface area (Å²) < 4.78 is 0. The van der Waals surface area contributed by atoms with Crippen molar-refractivity contribution >= 4 is 5.70 Å². The minimum Gasteiger partial charge on any atom is -0.385 e. The first-order valence-corrected chi connectivity index (χ1v) is 3.67. The molecule has 0 aliphatic heterocycles. The smallest absolute Gasteiger partial charge is 0.0360 e. The van der Waals surface area contributed by atoms with Gasteiger partial charge in [-0.1, -0.05) is 6.58 Å². The van der Waals surface area contributed by atoms with Crippen LogP contribution in [-0.2, 0) is 0 Å². The van der Waals surface area contributed by atoms with Crippen molar-refractivity contribution < 1.29 is 0 Å². The van der Waals surface area contributed by atoms with Crippen molar-refractivity contribution in [3.8, 4) is 0 Å². The van der Waals surface area contributed by atoms with Crippen LogP contribution in [0.2, 0.25) is 0 Å². The van der Waals surface area contributed by atoms with Crippen molar-refractivity contribution in [1.82, 2.24) is 10.3 Å². The monoisotopic (exact) mass is 148 g/mol. The van der Waals surface area contributed by atoms with Gasteiger partial charge in [0.1, 0.15) is 0 Å². The standard InChI is InChI=1S/C9H12N2/c1-3-11-8(2)9-5-4-6-10-7-9/h4-7,11H,2-3H2,1H3. The Morgan fingerprint density at radius 2 is 2.55 bits per heavy atom. The number of pyridine rings is 1. The van der Waals surface area contributed by atoms with E-state index in [4.69, 9.17) is 0 Å². The van der Waals surface area contributed by atoms with Crippen LogP contribution in [-0.4, -0.2) is 11.5 Å². The van der Waals surface area contributed by atoms with E-state index >= 15 is 0 Å². The second-order valence-electron chi connectivity index (χ2n) is 2.25. The van der Waals surface area contributed by atoms with Crippen LogP contribution in [0.1, 0.15) is 12.5 Å². The molecule has 0 atom stereocenters. The number of aromatic nitrogens is 1. The molecule has 58 valence electrons. The van der Waals surface area contributed by atoms with Crippen molar-refractivity contribution in [2.24, 2.45) is 0 Å². The summed E-state index contributed by atoms with van der Waals surface area (Å²) in [5, 5.41) is 3.13. The van der Waals surface area contributed by atoms with Gasteiger partial charge in [0, 0.05) is 30.2 Å². The van der Waals surface area contributed by atoms with Gasteiger partial charge in [0.25, 0.3) is 0 Å². The molecule has 1 rings (SSSR count). The Morgan fingerprint density at radius 3 is 3.09 bits per heavy atom. The summed E-state index contributed by atoms with van der Waals surface area (Å²) in [4.78, 5) is 3.99. The zero-order chi connectivity index (χ0) is 8.10. The number of nitrogens with one attached hydrogen (secondary N) is 1. The van der Waals surface area contributed by atoms with Gasteiger partial charge in [-0.05, 0) is 19.1 Å². The molecule has 1 heterocycles. The molecule has 0 aromatic carbocycles. The molecular formula is C9H12N2. The lowest BCUT2D eigenvalue weighted by atomic mass is 10.2. The molecule has 0 unspecified atom stereocenters. The van der Waals surface area contributed by atoms with E-state index in [9.17, 15) is 0 Å². The third kappa shape index (κ3) is 2.08. The number of rotatable bonds is 3. The second kappa shape index (κ2) is 3.76. The van der Waals surface area contributed by atoms with Crippen LogP contribution in [0.15, 0.2) is 31.1 Å². The molecule has 1 aromatic heterocycles. The quantitative estimate of drug-likeness (QED) is 0.705. The van der Waals surface area contributed by atoms with Gasteiger partial charge in [-0.15, -0.1) is 0 Å². The summed E-state index contributed by atoms with van der Waals surface area (Å²) >= 11 is 0. The molecule has 0 saturated heterocycles. The summed E-state index contributed by atoms with van der Waals surface area (Å²) in [7, 11) is 0. The third-order valence-corrected chi connectivity index (χ3v) is 1.40. The Bertz CT molecular complexity index is 229. The van der Waals surface area contributed by atoms with Crippen molar-refractivity contribution in [2.75, 3.05) is 6.54 Å². The van der Waals surface area contributed by atoms with Crippen molar-refractivity contribution in [3.05, 3.63) is 36.7 Å². The van der Waals surface area contributed by atoms with Crippen LogP contribution >= 0.6 is 0 Å². The highest BCUT2D eigenvalue weighted by Crippen LogP contribution is 2.05. The fourth-order valence-electron chi connectivity index (χ4n) is 0.857. The van der Waals surface area contributed by atoms with Crippen LogP contribution in [0.5, 0.6) is 0 Å². The fraction of sp³-hybridized carbons (Fsp3) is 0.222. The topological polar surface area (TPSA) is 24.9 Å². The van der Waals surface area contributed by atoms with Crippen LogP contribution in [0.3, 0.4) is 0 Å². The molecule has 1 N–H and O–H groups in total. The van der Waals surface area contributed by atoms with Crippen molar-refractivity contribution in [3.63, 3.8) is 0 Å².